The number of hydrogen-bond acceptors (Lipinski definition) is 6. The third-order valence-corrected chi connectivity index (χ3v) is 6.45. The number of halogens is 2. The normalized spacial score (nSPS) is 15.4. The van der Waals surface area contributed by atoms with Crippen molar-refractivity contribution in [2.45, 2.75) is 25.0 Å². The molecule has 0 bridgehead atoms. The van der Waals surface area contributed by atoms with E-state index in [0.29, 0.717) is 5.75 Å². The number of amides is 1. The minimum Gasteiger partial charge on any atom is -0.497 e. The number of hydrogen-bond donors (Lipinski definition) is 3. The molecule has 4 rings (SSSR count). The number of nitrogens with one attached hydrogen (secondary N) is 2. The quantitative estimate of drug-likeness (QED) is 0.449. The van der Waals surface area contributed by atoms with E-state index < -0.39 is 11.9 Å². The number of aliphatic hydroxyl groups is 1. The molecule has 0 aliphatic carbocycles. The number of carbonyl (C=O) groups is 1. The van der Waals surface area contributed by atoms with E-state index in [1.54, 1.807) is 19.4 Å². The average molecular weight is 487 g/mol. The second-order valence-electron chi connectivity index (χ2n) is 8.38. The van der Waals surface area contributed by atoms with E-state index in [1.165, 1.54) is 18.2 Å². The number of piperidine rings is 1. The number of aliphatic hydroxyl groups excluding tert-OH is 1. The molecule has 0 unspecified atom stereocenters. The van der Waals surface area contributed by atoms with E-state index in [1.807, 2.05) is 23.1 Å². The van der Waals surface area contributed by atoms with E-state index in [9.17, 15) is 14.3 Å². The maximum absolute atomic E-state index is 13.6. The van der Waals surface area contributed by atoms with Crippen LogP contribution in [0.15, 0.2) is 48.7 Å². The molecule has 2 aromatic carbocycles. The molecular formula is C25H28ClFN4O3. The number of anilines is 1. The molecule has 1 amide bonds. The van der Waals surface area contributed by atoms with E-state index in [0.717, 1.165) is 42.4 Å². The molecule has 1 aliphatic rings. The monoisotopic (exact) mass is 486 g/mol. The topological polar surface area (TPSA) is 86.7 Å². The van der Waals surface area contributed by atoms with Gasteiger partial charge in [-0.1, -0.05) is 11.6 Å². The maximum atomic E-state index is 13.6. The van der Waals surface area contributed by atoms with Gasteiger partial charge >= 0.3 is 0 Å². The van der Waals surface area contributed by atoms with Crippen LogP contribution in [-0.2, 0) is 4.79 Å². The Morgan fingerprint density at radius 3 is 2.85 bits per heavy atom. The summed E-state index contributed by atoms with van der Waals surface area (Å²) in [6, 6.07) is 11.3. The summed E-state index contributed by atoms with van der Waals surface area (Å²) in [7, 11) is 1.59. The van der Waals surface area contributed by atoms with Gasteiger partial charge in [0.1, 0.15) is 11.6 Å². The van der Waals surface area contributed by atoms with Gasteiger partial charge in [0.05, 0.1) is 36.0 Å². The predicted molar refractivity (Wildman–Crippen MR) is 131 cm³/mol. The third kappa shape index (κ3) is 5.82. The highest BCUT2D eigenvalue weighted by Crippen LogP contribution is 2.28. The Morgan fingerprint density at radius 1 is 1.29 bits per heavy atom. The van der Waals surface area contributed by atoms with Crippen molar-refractivity contribution in [2.24, 2.45) is 0 Å². The van der Waals surface area contributed by atoms with Gasteiger partial charge in [0.25, 0.3) is 0 Å². The molecule has 0 spiro atoms. The van der Waals surface area contributed by atoms with Crippen molar-refractivity contribution < 1.29 is 19.0 Å². The van der Waals surface area contributed by atoms with Crippen molar-refractivity contribution >= 4 is 34.1 Å². The molecule has 3 N–H and O–H groups in total. The molecule has 1 aliphatic heterocycles. The molecule has 0 radical (unpaired) electrons. The summed E-state index contributed by atoms with van der Waals surface area (Å²) < 4.78 is 19.0. The van der Waals surface area contributed by atoms with Crippen molar-refractivity contribution in [1.29, 1.82) is 0 Å². The van der Waals surface area contributed by atoms with Crippen molar-refractivity contribution in [3.05, 3.63) is 65.1 Å². The Hall–Kier alpha value is -2.78. The van der Waals surface area contributed by atoms with Gasteiger partial charge in [0, 0.05) is 24.2 Å². The standard InChI is InChI=1S/C25H28ClFN4O3/c1-34-18-3-5-22-20(13-18)19(8-11-29-22)24(32)14-31(17-6-9-28-10-7-17)15-25(33)30-23-12-16(27)2-4-21(23)26/h2-5,8,11-13,17,24,28,32H,6-7,9-10,14-15H2,1H3,(H,30,33)/t24-/m0/s1. The zero-order valence-corrected chi connectivity index (χ0v) is 19.7. The van der Waals surface area contributed by atoms with Gasteiger partial charge in [0.15, 0.2) is 0 Å². The van der Waals surface area contributed by atoms with Gasteiger partial charge in [-0.2, -0.15) is 0 Å². The lowest BCUT2D eigenvalue weighted by Gasteiger charge is -2.35. The zero-order chi connectivity index (χ0) is 24.1. The number of methoxy groups -OCH3 is 1. The van der Waals surface area contributed by atoms with Crippen LogP contribution in [0.25, 0.3) is 10.9 Å². The van der Waals surface area contributed by atoms with Crippen LogP contribution in [0.4, 0.5) is 10.1 Å². The molecule has 1 saturated heterocycles. The highest BCUT2D eigenvalue weighted by Gasteiger charge is 2.26. The van der Waals surface area contributed by atoms with Crippen molar-refractivity contribution in [3.63, 3.8) is 0 Å². The fourth-order valence-electron chi connectivity index (χ4n) is 4.37. The van der Waals surface area contributed by atoms with Gasteiger partial charge in [-0.15, -0.1) is 0 Å². The molecule has 1 aromatic heterocycles. The van der Waals surface area contributed by atoms with Gasteiger partial charge < -0.3 is 20.5 Å². The number of benzene rings is 2. The van der Waals surface area contributed by atoms with Gasteiger partial charge in [-0.05, 0) is 74.0 Å². The van der Waals surface area contributed by atoms with Gasteiger partial charge in [-0.3, -0.25) is 14.7 Å². The Balaban J connectivity index is 1.55. The number of rotatable bonds is 8. The Labute approximate surface area is 202 Å². The fraction of sp³-hybridized carbons (Fsp3) is 0.360. The SMILES string of the molecule is COc1ccc2nccc([C@@H](O)CN(CC(=O)Nc3cc(F)ccc3Cl)C3CCNCC3)c2c1. The lowest BCUT2D eigenvalue weighted by Crippen LogP contribution is -2.47. The molecule has 3 aromatic rings. The second-order valence-corrected chi connectivity index (χ2v) is 8.79. The smallest absolute Gasteiger partial charge is 0.238 e. The van der Waals surface area contributed by atoms with E-state index >= 15 is 0 Å². The minimum absolute atomic E-state index is 0.0426. The van der Waals surface area contributed by atoms with Crippen LogP contribution in [0.5, 0.6) is 5.75 Å². The second kappa shape index (κ2) is 11.1. The van der Waals surface area contributed by atoms with Crippen LogP contribution in [0.2, 0.25) is 5.02 Å². The van der Waals surface area contributed by atoms with Crippen LogP contribution < -0.4 is 15.4 Å². The molecule has 1 fully saturated rings. The summed E-state index contributed by atoms with van der Waals surface area (Å²) >= 11 is 6.11. The van der Waals surface area contributed by atoms with Crippen LogP contribution in [0.3, 0.4) is 0 Å². The summed E-state index contributed by atoms with van der Waals surface area (Å²) in [5, 5.41) is 18.3. The molecular weight excluding hydrogens is 459 g/mol. The Bertz CT molecular complexity index is 1160. The number of carbonyl (C=O) groups excluding carboxylic acids is 1. The number of ether oxygens (including phenoxy) is 1. The summed E-state index contributed by atoms with van der Waals surface area (Å²) in [5.74, 6) is -0.125. The van der Waals surface area contributed by atoms with Crippen LogP contribution in [0, 0.1) is 5.82 Å². The fourth-order valence-corrected chi connectivity index (χ4v) is 4.53. The summed E-state index contributed by atoms with van der Waals surface area (Å²) in [4.78, 5) is 19.3. The van der Waals surface area contributed by atoms with Crippen molar-refractivity contribution in [2.75, 3.05) is 38.6 Å². The first-order chi connectivity index (χ1) is 16.4. The molecule has 1 atom stereocenters. The highest BCUT2D eigenvalue weighted by molar-refractivity contribution is 6.33. The van der Waals surface area contributed by atoms with Crippen molar-refractivity contribution in [1.82, 2.24) is 15.2 Å². The van der Waals surface area contributed by atoms with Gasteiger partial charge in [-0.25, -0.2) is 4.39 Å². The minimum atomic E-state index is -0.849. The average Bonchev–Trinajstić information content (AvgIpc) is 2.85. The molecule has 0 saturated carbocycles. The molecule has 7 nitrogen and oxygen atoms in total. The third-order valence-electron chi connectivity index (χ3n) is 6.12. The molecule has 9 heteroatoms. The predicted octanol–water partition coefficient (Wildman–Crippen LogP) is 3.76. The van der Waals surface area contributed by atoms with Crippen molar-refractivity contribution in [3.8, 4) is 5.75 Å². The highest BCUT2D eigenvalue weighted by atomic mass is 35.5. The van der Waals surface area contributed by atoms with Crippen LogP contribution in [-0.4, -0.2) is 60.2 Å². The van der Waals surface area contributed by atoms with E-state index in [2.05, 4.69) is 15.6 Å². The number of fused-ring (bicyclic) bond motifs is 1. The molecule has 34 heavy (non-hydrogen) atoms. The van der Waals surface area contributed by atoms with Crippen LogP contribution >= 0.6 is 11.6 Å². The number of aromatic nitrogens is 1. The number of pyridine rings is 1. The first-order valence-corrected chi connectivity index (χ1v) is 11.6. The summed E-state index contributed by atoms with van der Waals surface area (Å²) in [5.41, 5.74) is 1.70. The zero-order valence-electron chi connectivity index (χ0n) is 18.9. The summed E-state index contributed by atoms with van der Waals surface area (Å²) in [6.07, 6.45) is 2.52. The first kappa shape index (κ1) is 24.3. The lowest BCUT2D eigenvalue weighted by molar-refractivity contribution is -0.118. The lowest BCUT2D eigenvalue weighted by atomic mass is 10.0. The molecule has 2 heterocycles. The molecule has 180 valence electrons. The summed E-state index contributed by atoms with van der Waals surface area (Å²) in [6.45, 7) is 1.97. The number of nitrogens with zero attached hydrogens (tertiary/aromatic N) is 2. The Kier molecular flexibility index (Phi) is 7.95. The first-order valence-electron chi connectivity index (χ1n) is 11.2. The largest absolute Gasteiger partial charge is 0.497 e. The van der Waals surface area contributed by atoms with Crippen LogP contribution in [0.1, 0.15) is 24.5 Å². The van der Waals surface area contributed by atoms with E-state index in [4.69, 9.17) is 16.3 Å². The van der Waals surface area contributed by atoms with E-state index in [-0.39, 0.29) is 35.7 Å². The maximum Gasteiger partial charge on any atom is 0.238 e. The Morgan fingerprint density at radius 2 is 2.09 bits per heavy atom. The van der Waals surface area contributed by atoms with Gasteiger partial charge in [0.2, 0.25) is 5.91 Å².